The van der Waals surface area contributed by atoms with Gasteiger partial charge in [0.25, 0.3) is 5.91 Å². The highest BCUT2D eigenvalue weighted by Crippen LogP contribution is 2.34. The molecule has 1 N–H and O–H groups in total. The Balaban J connectivity index is 2.05. The average molecular weight is 417 g/mol. The Kier molecular flexibility index (Phi) is 7.67. The van der Waals surface area contributed by atoms with Gasteiger partial charge in [0.15, 0.2) is 12.4 Å². The molecule has 0 aliphatic heterocycles. The quantitative estimate of drug-likeness (QED) is 0.522. The predicted molar refractivity (Wildman–Crippen MR) is 109 cm³/mol. The van der Waals surface area contributed by atoms with Crippen LogP contribution in [0.5, 0.6) is 0 Å². The molecular formula is C21H23NO6S. The van der Waals surface area contributed by atoms with Gasteiger partial charge in [-0.25, -0.2) is 4.79 Å². The molecule has 0 atom stereocenters. The van der Waals surface area contributed by atoms with Gasteiger partial charge in [0.1, 0.15) is 5.00 Å². The van der Waals surface area contributed by atoms with E-state index in [1.54, 1.807) is 13.8 Å². The number of carbonyl (C=O) groups excluding carboxylic acids is 4. The Morgan fingerprint density at radius 2 is 1.76 bits per heavy atom. The molecule has 0 aliphatic carbocycles. The van der Waals surface area contributed by atoms with Gasteiger partial charge in [0.2, 0.25) is 0 Å². The van der Waals surface area contributed by atoms with E-state index in [1.807, 2.05) is 31.2 Å². The molecule has 0 saturated heterocycles. The van der Waals surface area contributed by atoms with Gasteiger partial charge in [-0.3, -0.25) is 14.4 Å². The van der Waals surface area contributed by atoms with Crippen LogP contribution >= 0.6 is 11.3 Å². The van der Waals surface area contributed by atoms with Crippen molar-refractivity contribution in [2.75, 3.05) is 18.5 Å². The Morgan fingerprint density at radius 1 is 1.07 bits per heavy atom. The van der Waals surface area contributed by atoms with E-state index in [-0.39, 0.29) is 29.4 Å². The first-order valence-corrected chi connectivity index (χ1v) is 9.87. The number of carbonyl (C=O) groups is 4. The second kappa shape index (κ2) is 9.97. The minimum absolute atomic E-state index is 0.0562. The molecule has 0 bridgehead atoms. The van der Waals surface area contributed by atoms with E-state index >= 15 is 0 Å². The second-order valence-corrected chi connectivity index (χ2v) is 7.37. The van der Waals surface area contributed by atoms with Crippen LogP contribution in [0.15, 0.2) is 24.3 Å². The van der Waals surface area contributed by atoms with Crippen LogP contribution in [0.3, 0.4) is 0 Å². The third-order valence-electron chi connectivity index (χ3n) is 4.16. The van der Waals surface area contributed by atoms with Gasteiger partial charge in [-0.15, -0.1) is 11.3 Å². The van der Waals surface area contributed by atoms with Gasteiger partial charge in [-0.2, -0.15) is 0 Å². The molecule has 1 aromatic carbocycles. The molecule has 0 radical (unpaired) electrons. The second-order valence-electron chi connectivity index (χ2n) is 6.35. The molecule has 154 valence electrons. The molecule has 29 heavy (non-hydrogen) atoms. The molecule has 2 aromatic rings. The molecule has 0 fully saturated rings. The number of ketones is 1. The summed E-state index contributed by atoms with van der Waals surface area (Å²) in [6, 6.07) is 7.40. The molecule has 0 unspecified atom stereocenters. The van der Waals surface area contributed by atoms with Crippen molar-refractivity contribution in [3.05, 3.63) is 51.4 Å². The summed E-state index contributed by atoms with van der Waals surface area (Å²) in [5, 5.41) is 2.75. The van der Waals surface area contributed by atoms with Crippen molar-refractivity contribution < 1.29 is 28.7 Å². The first kappa shape index (κ1) is 22.3. The summed E-state index contributed by atoms with van der Waals surface area (Å²) in [5.41, 5.74) is 2.37. The van der Waals surface area contributed by atoms with E-state index in [0.29, 0.717) is 10.4 Å². The highest BCUT2D eigenvalue weighted by molar-refractivity contribution is 7.18. The van der Waals surface area contributed by atoms with Crippen molar-refractivity contribution in [2.24, 2.45) is 0 Å². The van der Waals surface area contributed by atoms with Crippen molar-refractivity contribution >= 4 is 40.0 Å². The molecule has 1 heterocycles. The molecule has 0 spiro atoms. The maximum atomic E-state index is 12.2. The summed E-state index contributed by atoms with van der Waals surface area (Å²) in [7, 11) is 0. The lowest BCUT2D eigenvalue weighted by Gasteiger charge is -2.08. The SMILES string of the molecule is CCOC(=O)c1c(NC(=O)COC(=O)Cc2ccccc2C)sc(C(C)=O)c1C. The molecular weight excluding hydrogens is 394 g/mol. The zero-order chi connectivity index (χ0) is 21.6. The standard InChI is InChI=1S/C21H23NO6S/c1-5-27-21(26)18-13(3)19(14(4)23)29-20(18)22-16(24)11-28-17(25)10-15-9-7-6-8-12(15)2/h6-9H,5,10-11H2,1-4H3,(H,22,24). The smallest absolute Gasteiger partial charge is 0.341 e. The summed E-state index contributed by atoms with van der Waals surface area (Å²) in [6.45, 7) is 6.21. The first-order valence-electron chi connectivity index (χ1n) is 9.06. The predicted octanol–water partition coefficient (Wildman–Crippen LogP) is 3.47. The zero-order valence-electron chi connectivity index (χ0n) is 16.8. The van der Waals surface area contributed by atoms with E-state index in [9.17, 15) is 19.2 Å². The molecule has 7 nitrogen and oxygen atoms in total. The van der Waals surface area contributed by atoms with E-state index in [1.165, 1.54) is 6.92 Å². The molecule has 0 aliphatic rings. The fourth-order valence-corrected chi connectivity index (χ4v) is 3.82. The van der Waals surface area contributed by atoms with Crippen molar-refractivity contribution in [3.8, 4) is 0 Å². The van der Waals surface area contributed by atoms with Crippen LogP contribution in [0.4, 0.5) is 5.00 Å². The van der Waals surface area contributed by atoms with Crippen LogP contribution in [0, 0.1) is 13.8 Å². The Hall–Kier alpha value is -3.00. The van der Waals surface area contributed by atoms with E-state index in [2.05, 4.69) is 5.32 Å². The topological polar surface area (TPSA) is 98.8 Å². The number of anilines is 1. The Labute approximate surface area is 173 Å². The normalized spacial score (nSPS) is 10.3. The number of nitrogens with one attached hydrogen (secondary N) is 1. The number of benzene rings is 1. The molecule has 1 amide bonds. The molecule has 8 heteroatoms. The highest BCUT2D eigenvalue weighted by atomic mass is 32.1. The molecule has 0 saturated carbocycles. The largest absolute Gasteiger partial charge is 0.462 e. The number of amides is 1. The van der Waals surface area contributed by atoms with Crippen LogP contribution in [-0.4, -0.2) is 36.8 Å². The maximum absolute atomic E-state index is 12.2. The fourth-order valence-electron chi connectivity index (χ4n) is 2.71. The van der Waals surface area contributed by atoms with Gasteiger partial charge in [-0.05, 0) is 44.4 Å². The Morgan fingerprint density at radius 3 is 2.38 bits per heavy atom. The van der Waals surface area contributed by atoms with E-state index < -0.39 is 24.5 Å². The van der Waals surface area contributed by atoms with Gasteiger partial charge in [0.05, 0.1) is 23.5 Å². The number of ether oxygens (including phenoxy) is 2. The summed E-state index contributed by atoms with van der Waals surface area (Å²) < 4.78 is 10.1. The van der Waals surface area contributed by atoms with Crippen LogP contribution in [0.2, 0.25) is 0 Å². The lowest BCUT2D eigenvalue weighted by atomic mass is 10.1. The van der Waals surface area contributed by atoms with Crippen molar-refractivity contribution in [3.63, 3.8) is 0 Å². The molecule has 1 aromatic heterocycles. The van der Waals surface area contributed by atoms with Crippen molar-refractivity contribution in [2.45, 2.75) is 34.1 Å². The minimum atomic E-state index is -0.624. The van der Waals surface area contributed by atoms with E-state index in [4.69, 9.17) is 9.47 Å². The highest BCUT2D eigenvalue weighted by Gasteiger charge is 2.25. The van der Waals surface area contributed by atoms with Crippen LogP contribution in [0.25, 0.3) is 0 Å². The number of esters is 2. The van der Waals surface area contributed by atoms with Gasteiger partial charge in [0, 0.05) is 0 Å². The fraction of sp³-hybridized carbons (Fsp3) is 0.333. The summed E-state index contributed by atoms with van der Waals surface area (Å²) in [6.07, 6.45) is 0.0562. The first-order chi connectivity index (χ1) is 13.7. The number of aryl methyl sites for hydroxylation is 1. The maximum Gasteiger partial charge on any atom is 0.341 e. The number of thiophene rings is 1. The van der Waals surface area contributed by atoms with Gasteiger partial charge < -0.3 is 14.8 Å². The zero-order valence-corrected chi connectivity index (χ0v) is 17.6. The van der Waals surface area contributed by atoms with Crippen molar-refractivity contribution in [1.82, 2.24) is 0 Å². The van der Waals surface area contributed by atoms with Gasteiger partial charge in [-0.1, -0.05) is 24.3 Å². The lowest BCUT2D eigenvalue weighted by molar-refractivity contribution is -0.146. The van der Waals surface area contributed by atoms with Crippen molar-refractivity contribution in [1.29, 1.82) is 0 Å². The molecule has 2 rings (SSSR count). The van der Waals surface area contributed by atoms with Crippen LogP contribution in [0.1, 0.15) is 50.6 Å². The number of Topliss-reactive ketones (excluding diaryl/α,β-unsaturated/α-hetero) is 1. The van der Waals surface area contributed by atoms with Gasteiger partial charge >= 0.3 is 11.9 Å². The van der Waals surface area contributed by atoms with E-state index in [0.717, 1.165) is 22.5 Å². The third kappa shape index (κ3) is 5.74. The number of hydrogen-bond donors (Lipinski definition) is 1. The number of hydrogen-bond acceptors (Lipinski definition) is 7. The monoisotopic (exact) mass is 417 g/mol. The third-order valence-corrected chi connectivity index (χ3v) is 5.47. The Bertz CT molecular complexity index is 947. The summed E-state index contributed by atoms with van der Waals surface area (Å²) >= 11 is 0.993. The number of rotatable bonds is 8. The minimum Gasteiger partial charge on any atom is -0.462 e. The summed E-state index contributed by atoms with van der Waals surface area (Å²) in [4.78, 5) is 48.6. The van der Waals surface area contributed by atoms with Crippen LogP contribution in [-0.2, 0) is 25.5 Å². The average Bonchev–Trinajstić information content (AvgIpc) is 2.98. The lowest BCUT2D eigenvalue weighted by Crippen LogP contribution is -2.22. The van der Waals surface area contributed by atoms with Crippen LogP contribution < -0.4 is 5.32 Å². The summed E-state index contributed by atoms with van der Waals surface area (Å²) in [5.74, 6) is -1.99.